The Morgan fingerprint density at radius 1 is 0.295 bits per heavy atom. The van der Waals surface area contributed by atoms with Crippen LogP contribution in [0.2, 0.25) is 0 Å². The highest BCUT2D eigenvalue weighted by Crippen LogP contribution is 2.43. The quantitative estimate of drug-likeness (QED) is 0.202. The third kappa shape index (κ3) is 3.80. The normalized spacial score (nSPS) is 11.6. The van der Waals surface area contributed by atoms with E-state index in [9.17, 15) is 0 Å². The topological polar surface area (TPSA) is 38.7 Å². The molecule has 9 rings (SSSR count). The van der Waals surface area contributed by atoms with Gasteiger partial charge in [-0.2, -0.15) is 0 Å². The lowest BCUT2D eigenvalue weighted by molar-refractivity contribution is 1.23. The molecule has 0 spiro atoms. The van der Waals surface area contributed by atoms with Gasteiger partial charge in [0.1, 0.15) is 0 Å². The summed E-state index contributed by atoms with van der Waals surface area (Å²) in [6.07, 6.45) is 0. The van der Waals surface area contributed by atoms with Crippen molar-refractivity contribution in [3.8, 4) is 33.9 Å². The van der Waals surface area contributed by atoms with Crippen LogP contribution >= 0.6 is 0 Å². The Morgan fingerprint density at radius 3 is 1.50 bits per heavy atom. The van der Waals surface area contributed by atoms with E-state index in [2.05, 4.69) is 127 Å². The molecule has 0 amide bonds. The zero-order chi connectivity index (χ0) is 29.0. The summed E-state index contributed by atoms with van der Waals surface area (Å²) in [7, 11) is 0. The maximum absolute atomic E-state index is 5.36. The lowest BCUT2D eigenvalue weighted by Gasteiger charge is -2.17. The molecule has 2 heterocycles. The zero-order valence-corrected chi connectivity index (χ0v) is 23.8. The van der Waals surface area contributed by atoms with Crippen LogP contribution in [0.1, 0.15) is 0 Å². The number of hydrogen-bond acceptors (Lipinski definition) is 3. The molecule has 0 N–H and O–H groups in total. The van der Waals surface area contributed by atoms with Gasteiger partial charge in [-0.15, -0.1) is 0 Å². The Balaban J connectivity index is 1.37. The summed E-state index contributed by atoms with van der Waals surface area (Å²) in [6.45, 7) is 0. The lowest BCUT2D eigenvalue weighted by atomic mass is 9.89. The van der Waals surface area contributed by atoms with Gasteiger partial charge in [0.05, 0.1) is 22.4 Å². The number of aromatic nitrogens is 3. The average molecular weight is 560 g/mol. The second kappa shape index (κ2) is 9.82. The van der Waals surface area contributed by atoms with E-state index in [0.717, 1.165) is 50.3 Å². The van der Waals surface area contributed by atoms with Gasteiger partial charge in [-0.05, 0) is 39.7 Å². The Labute approximate surface area is 254 Å². The molecule has 0 saturated heterocycles. The predicted octanol–water partition coefficient (Wildman–Crippen LogP) is 10.6. The summed E-state index contributed by atoms with van der Waals surface area (Å²) in [5.74, 6) is 0.719. The molecule has 0 aliphatic heterocycles. The van der Waals surface area contributed by atoms with E-state index in [-0.39, 0.29) is 0 Å². The molecule has 2 aromatic heterocycles. The van der Waals surface area contributed by atoms with Crippen molar-refractivity contribution in [2.45, 2.75) is 0 Å². The summed E-state index contributed by atoms with van der Waals surface area (Å²) in [5.41, 5.74) is 6.89. The fourth-order valence-electron chi connectivity index (χ4n) is 6.66. The Kier molecular flexibility index (Phi) is 5.50. The fourth-order valence-corrected chi connectivity index (χ4v) is 6.66. The first-order valence-electron chi connectivity index (χ1n) is 14.9. The molecule has 0 aliphatic rings. The first-order chi connectivity index (χ1) is 21.8. The van der Waals surface area contributed by atoms with Crippen LogP contribution in [0.25, 0.3) is 88.0 Å². The third-order valence-electron chi connectivity index (χ3n) is 8.62. The van der Waals surface area contributed by atoms with Gasteiger partial charge in [-0.1, -0.05) is 133 Å². The van der Waals surface area contributed by atoms with Gasteiger partial charge in [-0.3, -0.25) is 0 Å². The van der Waals surface area contributed by atoms with E-state index in [1.807, 2.05) is 24.3 Å². The Hall–Kier alpha value is -5.93. The highest BCUT2D eigenvalue weighted by atomic mass is 14.9. The van der Waals surface area contributed by atoms with Crippen molar-refractivity contribution >= 4 is 54.1 Å². The fraction of sp³-hybridized carbons (Fsp3) is 0. The maximum atomic E-state index is 5.36. The molecule has 0 radical (unpaired) electrons. The summed E-state index contributed by atoms with van der Waals surface area (Å²) < 4.78 is 0. The van der Waals surface area contributed by atoms with E-state index < -0.39 is 0 Å². The second-order valence-electron chi connectivity index (χ2n) is 11.2. The van der Waals surface area contributed by atoms with Gasteiger partial charge in [0.15, 0.2) is 5.82 Å². The van der Waals surface area contributed by atoms with Crippen molar-refractivity contribution in [1.82, 2.24) is 15.0 Å². The molecule has 0 bridgehead atoms. The molecule has 204 valence electrons. The highest BCUT2D eigenvalue weighted by molar-refractivity contribution is 6.33. The van der Waals surface area contributed by atoms with Crippen LogP contribution in [-0.2, 0) is 0 Å². The van der Waals surface area contributed by atoms with Crippen LogP contribution in [0.15, 0.2) is 152 Å². The van der Waals surface area contributed by atoms with E-state index >= 15 is 0 Å². The van der Waals surface area contributed by atoms with Gasteiger partial charge in [0.25, 0.3) is 0 Å². The van der Waals surface area contributed by atoms with Gasteiger partial charge in [-0.25, -0.2) is 15.0 Å². The second-order valence-corrected chi connectivity index (χ2v) is 11.2. The number of pyridine rings is 1. The van der Waals surface area contributed by atoms with Crippen molar-refractivity contribution in [2.24, 2.45) is 0 Å². The molecular formula is C41H25N3. The molecule has 0 unspecified atom stereocenters. The van der Waals surface area contributed by atoms with Crippen LogP contribution in [0, 0.1) is 0 Å². The van der Waals surface area contributed by atoms with Crippen molar-refractivity contribution in [1.29, 1.82) is 0 Å². The Bertz CT molecular complexity index is 2550. The van der Waals surface area contributed by atoms with Crippen molar-refractivity contribution in [3.05, 3.63) is 152 Å². The standard InChI is InChI=1S/C41H25N3/c1-2-13-26(14-3-1)41-43-36-24-11-9-22-34(36)39(44-41)27-15-12-16-28(25-27)40-38-32-20-7-5-18-30(32)29-17-4-6-19-31(29)37(38)33-21-8-10-23-35(33)42-40/h1-25H. The SMILES string of the molecule is c1ccc(-c2nc(-c3cccc(-c4nc5ccccc5c5c6ccccc6c6ccccc6c45)c3)c3ccccc3n2)cc1. The molecular weight excluding hydrogens is 534 g/mol. The van der Waals surface area contributed by atoms with E-state index in [1.54, 1.807) is 0 Å². The molecule has 9 aromatic rings. The summed E-state index contributed by atoms with van der Waals surface area (Å²) >= 11 is 0. The zero-order valence-electron chi connectivity index (χ0n) is 23.8. The molecule has 3 nitrogen and oxygen atoms in total. The third-order valence-corrected chi connectivity index (χ3v) is 8.62. The first-order valence-corrected chi connectivity index (χ1v) is 14.9. The minimum absolute atomic E-state index is 0.719. The van der Waals surface area contributed by atoms with Crippen LogP contribution in [-0.4, -0.2) is 15.0 Å². The summed E-state index contributed by atoms with van der Waals surface area (Å²) in [4.78, 5) is 15.4. The Morgan fingerprint density at radius 2 is 0.795 bits per heavy atom. The number of nitrogens with zero attached hydrogens (tertiary/aromatic N) is 3. The number of para-hydroxylation sites is 2. The molecule has 0 fully saturated rings. The van der Waals surface area contributed by atoms with E-state index in [4.69, 9.17) is 15.0 Å². The van der Waals surface area contributed by atoms with Crippen LogP contribution in [0.5, 0.6) is 0 Å². The van der Waals surface area contributed by atoms with E-state index in [0.29, 0.717) is 0 Å². The minimum atomic E-state index is 0.719. The van der Waals surface area contributed by atoms with Crippen molar-refractivity contribution in [3.63, 3.8) is 0 Å². The van der Waals surface area contributed by atoms with E-state index in [1.165, 1.54) is 37.7 Å². The van der Waals surface area contributed by atoms with Crippen LogP contribution < -0.4 is 0 Å². The highest BCUT2D eigenvalue weighted by Gasteiger charge is 2.18. The predicted molar refractivity (Wildman–Crippen MR) is 184 cm³/mol. The molecule has 0 aliphatic carbocycles. The number of benzene rings is 7. The lowest BCUT2D eigenvalue weighted by Crippen LogP contribution is -1.96. The number of rotatable bonds is 3. The maximum Gasteiger partial charge on any atom is 0.160 e. The van der Waals surface area contributed by atoms with Crippen LogP contribution in [0.3, 0.4) is 0 Å². The molecule has 3 heteroatoms. The molecule has 7 aromatic carbocycles. The van der Waals surface area contributed by atoms with Gasteiger partial charge in [0, 0.05) is 38.2 Å². The molecule has 0 atom stereocenters. The number of hydrogen-bond donors (Lipinski definition) is 0. The van der Waals surface area contributed by atoms with Crippen LogP contribution in [0.4, 0.5) is 0 Å². The van der Waals surface area contributed by atoms with Gasteiger partial charge < -0.3 is 0 Å². The smallest absolute Gasteiger partial charge is 0.160 e. The number of fused-ring (bicyclic) bond motifs is 9. The van der Waals surface area contributed by atoms with Crippen molar-refractivity contribution in [2.75, 3.05) is 0 Å². The minimum Gasteiger partial charge on any atom is -0.247 e. The molecule has 0 saturated carbocycles. The van der Waals surface area contributed by atoms with Gasteiger partial charge >= 0.3 is 0 Å². The van der Waals surface area contributed by atoms with Crippen molar-refractivity contribution < 1.29 is 0 Å². The summed E-state index contributed by atoms with van der Waals surface area (Å²) in [5, 5.41) is 9.55. The average Bonchev–Trinajstić information content (AvgIpc) is 3.11. The summed E-state index contributed by atoms with van der Waals surface area (Å²) in [6, 6.07) is 53.1. The first kappa shape index (κ1) is 24.6. The monoisotopic (exact) mass is 559 g/mol. The largest absolute Gasteiger partial charge is 0.247 e. The molecule has 44 heavy (non-hydrogen) atoms. The van der Waals surface area contributed by atoms with Gasteiger partial charge in [0.2, 0.25) is 0 Å².